The van der Waals surface area contributed by atoms with Crippen LogP contribution in [-0.4, -0.2) is 46.4 Å². The number of nitrogens with zero attached hydrogens (tertiary/aromatic N) is 3. The number of nitrogens with one attached hydrogen (secondary N) is 1. The van der Waals surface area contributed by atoms with Gasteiger partial charge >= 0.3 is 0 Å². The lowest BCUT2D eigenvalue weighted by Gasteiger charge is -2.34. The number of hydrogen-bond donors (Lipinski definition) is 1. The van der Waals surface area contributed by atoms with Crippen LogP contribution in [0.25, 0.3) is 0 Å². The van der Waals surface area contributed by atoms with Gasteiger partial charge in [-0.3, -0.25) is 10.1 Å². The van der Waals surface area contributed by atoms with Crippen molar-refractivity contribution in [3.8, 4) is 0 Å². The molecule has 2 rings (SSSR count). The molecule has 1 aliphatic heterocycles. The largest absolute Gasteiger partial charge is 0.357 e. The predicted molar refractivity (Wildman–Crippen MR) is 96.0 cm³/mol. The molecular formula is C16H24N4O2S. The maximum absolute atomic E-state index is 10.7. The Morgan fingerprint density at radius 2 is 2.17 bits per heavy atom. The lowest BCUT2D eigenvalue weighted by molar-refractivity contribution is -0.384. The van der Waals surface area contributed by atoms with Gasteiger partial charge in [-0.25, -0.2) is 4.99 Å². The van der Waals surface area contributed by atoms with E-state index in [1.165, 1.54) is 18.6 Å². The van der Waals surface area contributed by atoms with E-state index in [1.54, 1.807) is 12.1 Å². The first-order chi connectivity index (χ1) is 11.1. The molecule has 1 N–H and O–H groups in total. The number of nitro benzene ring substituents is 1. The van der Waals surface area contributed by atoms with Crippen molar-refractivity contribution in [2.75, 3.05) is 25.4 Å². The van der Waals surface area contributed by atoms with Gasteiger partial charge in [-0.2, -0.15) is 11.8 Å². The lowest BCUT2D eigenvalue weighted by Crippen LogP contribution is -2.48. The van der Waals surface area contributed by atoms with Crippen molar-refractivity contribution in [1.82, 2.24) is 10.2 Å². The molecule has 1 atom stereocenters. The van der Waals surface area contributed by atoms with Crippen LogP contribution in [0, 0.1) is 10.1 Å². The Hall–Kier alpha value is -1.76. The van der Waals surface area contributed by atoms with Crippen LogP contribution in [0.3, 0.4) is 0 Å². The van der Waals surface area contributed by atoms with Crippen LogP contribution in [0.2, 0.25) is 0 Å². The molecule has 0 radical (unpaired) electrons. The van der Waals surface area contributed by atoms with Crippen LogP contribution < -0.4 is 5.32 Å². The Labute approximate surface area is 141 Å². The van der Waals surface area contributed by atoms with Gasteiger partial charge < -0.3 is 10.2 Å². The summed E-state index contributed by atoms with van der Waals surface area (Å²) in [6.07, 6.45) is 1.17. The molecule has 1 aromatic carbocycles. The van der Waals surface area contributed by atoms with Crippen molar-refractivity contribution in [3.05, 3.63) is 39.9 Å². The number of guanidine groups is 1. The molecule has 1 heterocycles. The highest BCUT2D eigenvalue weighted by atomic mass is 32.2. The summed E-state index contributed by atoms with van der Waals surface area (Å²) in [4.78, 5) is 17.3. The van der Waals surface area contributed by atoms with E-state index in [4.69, 9.17) is 4.99 Å². The molecule has 1 aliphatic rings. The van der Waals surface area contributed by atoms with E-state index in [0.717, 1.165) is 36.9 Å². The van der Waals surface area contributed by atoms with E-state index in [2.05, 4.69) is 24.1 Å². The third-order valence-electron chi connectivity index (χ3n) is 3.79. The van der Waals surface area contributed by atoms with Gasteiger partial charge in [-0.05, 0) is 18.9 Å². The van der Waals surface area contributed by atoms with Gasteiger partial charge in [-0.15, -0.1) is 0 Å². The van der Waals surface area contributed by atoms with E-state index in [1.807, 2.05) is 11.8 Å². The molecule has 7 heteroatoms. The van der Waals surface area contributed by atoms with Gasteiger partial charge in [0.25, 0.3) is 5.69 Å². The van der Waals surface area contributed by atoms with Crippen LogP contribution in [0.15, 0.2) is 29.3 Å². The zero-order chi connectivity index (χ0) is 16.7. The summed E-state index contributed by atoms with van der Waals surface area (Å²) >= 11 is 2.03. The highest BCUT2D eigenvalue weighted by Crippen LogP contribution is 2.21. The average Bonchev–Trinajstić information content (AvgIpc) is 2.59. The van der Waals surface area contributed by atoms with Crippen LogP contribution in [0.4, 0.5) is 5.69 Å². The summed E-state index contributed by atoms with van der Waals surface area (Å²) < 4.78 is 0. The number of aliphatic imine (C=N–C) groups is 1. The van der Waals surface area contributed by atoms with E-state index >= 15 is 0 Å². The molecule has 126 valence electrons. The van der Waals surface area contributed by atoms with Crippen molar-refractivity contribution in [3.63, 3.8) is 0 Å². The molecule has 0 aliphatic carbocycles. The van der Waals surface area contributed by atoms with E-state index in [0.29, 0.717) is 11.8 Å². The molecule has 0 saturated carbocycles. The fourth-order valence-corrected chi connectivity index (χ4v) is 3.65. The third kappa shape index (κ3) is 5.13. The highest BCUT2D eigenvalue weighted by molar-refractivity contribution is 8.00. The van der Waals surface area contributed by atoms with Crippen molar-refractivity contribution < 1.29 is 4.92 Å². The average molecular weight is 336 g/mol. The molecule has 1 fully saturated rings. The number of benzene rings is 1. The number of non-ortho nitro benzene ring substituents is 1. The minimum Gasteiger partial charge on any atom is -0.357 e. The second kappa shape index (κ2) is 8.76. The molecule has 1 aromatic rings. The molecule has 0 amide bonds. The van der Waals surface area contributed by atoms with Crippen molar-refractivity contribution in [2.24, 2.45) is 4.99 Å². The van der Waals surface area contributed by atoms with Crippen LogP contribution in [-0.2, 0) is 6.54 Å². The topological polar surface area (TPSA) is 70.8 Å². The first kappa shape index (κ1) is 17.6. The molecule has 0 bridgehead atoms. The summed E-state index contributed by atoms with van der Waals surface area (Å²) in [6, 6.07) is 6.60. The van der Waals surface area contributed by atoms with E-state index < -0.39 is 0 Å². The fourth-order valence-electron chi connectivity index (χ4n) is 2.47. The number of rotatable bonds is 5. The monoisotopic (exact) mass is 336 g/mol. The smallest absolute Gasteiger partial charge is 0.269 e. The predicted octanol–water partition coefficient (Wildman–Crippen LogP) is 2.89. The Kier molecular flexibility index (Phi) is 6.70. The standard InChI is InChI=1S/C16H24N4O2S/c1-3-15-12-19(9-10-23-15)16(17-4-2)18-11-13-5-7-14(8-6-13)20(21)22/h5-8,15H,3-4,9-12H2,1-2H3,(H,17,18). The van der Waals surface area contributed by atoms with Crippen LogP contribution >= 0.6 is 11.8 Å². The van der Waals surface area contributed by atoms with E-state index in [9.17, 15) is 10.1 Å². The number of nitro groups is 1. The zero-order valence-corrected chi connectivity index (χ0v) is 14.5. The molecule has 1 saturated heterocycles. The fraction of sp³-hybridized carbons (Fsp3) is 0.562. The van der Waals surface area contributed by atoms with Crippen molar-refractivity contribution in [1.29, 1.82) is 0 Å². The molecule has 23 heavy (non-hydrogen) atoms. The third-order valence-corrected chi connectivity index (χ3v) is 5.16. The van der Waals surface area contributed by atoms with E-state index in [-0.39, 0.29) is 10.6 Å². The van der Waals surface area contributed by atoms with Crippen LogP contribution in [0.5, 0.6) is 0 Å². The van der Waals surface area contributed by atoms with Gasteiger partial charge in [0, 0.05) is 42.8 Å². The summed E-state index contributed by atoms with van der Waals surface area (Å²) in [5, 5.41) is 14.7. The minimum absolute atomic E-state index is 0.114. The first-order valence-electron chi connectivity index (χ1n) is 8.02. The summed E-state index contributed by atoms with van der Waals surface area (Å²) in [7, 11) is 0. The Bertz CT molecular complexity index is 548. The van der Waals surface area contributed by atoms with Gasteiger partial charge in [-0.1, -0.05) is 19.1 Å². The normalized spacial score (nSPS) is 18.8. The summed E-state index contributed by atoms with van der Waals surface area (Å²) in [5.74, 6) is 2.06. The SMILES string of the molecule is CCNC(=NCc1ccc([N+](=O)[O-])cc1)N1CCSC(CC)C1. The number of hydrogen-bond acceptors (Lipinski definition) is 4. The van der Waals surface area contributed by atoms with Gasteiger partial charge in [0.1, 0.15) is 0 Å². The molecular weight excluding hydrogens is 312 g/mol. The second-order valence-electron chi connectivity index (χ2n) is 5.44. The highest BCUT2D eigenvalue weighted by Gasteiger charge is 2.21. The Morgan fingerprint density at radius 1 is 1.43 bits per heavy atom. The van der Waals surface area contributed by atoms with Crippen LogP contribution in [0.1, 0.15) is 25.8 Å². The summed E-state index contributed by atoms with van der Waals surface area (Å²) in [6.45, 7) is 7.68. The second-order valence-corrected chi connectivity index (χ2v) is 6.85. The number of thioether (sulfide) groups is 1. The molecule has 0 spiro atoms. The van der Waals surface area contributed by atoms with Gasteiger partial charge in [0.2, 0.25) is 0 Å². The van der Waals surface area contributed by atoms with Gasteiger partial charge in [0.15, 0.2) is 5.96 Å². The maximum Gasteiger partial charge on any atom is 0.269 e. The molecule has 0 aromatic heterocycles. The van der Waals surface area contributed by atoms with Crippen molar-refractivity contribution >= 4 is 23.4 Å². The maximum atomic E-state index is 10.7. The minimum atomic E-state index is -0.382. The Morgan fingerprint density at radius 3 is 2.78 bits per heavy atom. The van der Waals surface area contributed by atoms with Gasteiger partial charge in [0.05, 0.1) is 11.5 Å². The quantitative estimate of drug-likeness (QED) is 0.387. The molecule has 6 nitrogen and oxygen atoms in total. The lowest BCUT2D eigenvalue weighted by atomic mass is 10.2. The zero-order valence-electron chi connectivity index (χ0n) is 13.7. The van der Waals surface area contributed by atoms with Crippen molar-refractivity contribution in [2.45, 2.75) is 32.1 Å². The summed E-state index contributed by atoms with van der Waals surface area (Å²) in [5.41, 5.74) is 1.09. The Balaban J connectivity index is 2.04. The molecule has 1 unspecified atom stereocenters. The first-order valence-corrected chi connectivity index (χ1v) is 9.07.